The van der Waals surface area contributed by atoms with E-state index in [1.54, 1.807) is 0 Å². The Bertz CT molecular complexity index is 617. The fourth-order valence-electron chi connectivity index (χ4n) is 3.69. The average Bonchev–Trinajstić information content (AvgIpc) is 2.61. The third-order valence-corrected chi connectivity index (χ3v) is 4.60. The van der Waals surface area contributed by atoms with Crippen LogP contribution < -0.4 is 5.32 Å². The molecule has 2 atom stereocenters. The summed E-state index contributed by atoms with van der Waals surface area (Å²) < 4.78 is 0. The molecule has 0 amide bonds. The number of fused-ring (bicyclic) bond motifs is 1. The molecule has 0 spiro atoms. The summed E-state index contributed by atoms with van der Waals surface area (Å²) in [6, 6.07) is 17.9. The van der Waals surface area contributed by atoms with Gasteiger partial charge in [-0.2, -0.15) is 0 Å². The van der Waals surface area contributed by atoms with Gasteiger partial charge in [0, 0.05) is 18.0 Å². The SMILES string of the molecule is C[C@@]12Cc3ccccc3[C@@H](CN1)c1ccccc12. The van der Waals surface area contributed by atoms with Gasteiger partial charge in [0.1, 0.15) is 0 Å². The summed E-state index contributed by atoms with van der Waals surface area (Å²) in [6.07, 6.45) is 1.09. The fraction of sp³-hybridized carbons (Fsp3) is 0.294. The largest absolute Gasteiger partial charge is 0.306 e. The van der Waals surface area contributed by atoms with E-state index < -0.39 is 0 Å². The van der Waals surface area contributed by atoms with Crippen LogP contribution in [0.3, 0.4) is 0 Å². The number of benzene rings is 2. The van der Waals surface area contributed by atoms with Crippen molar-refractivity contribution in [3.63, 3.8) is 0 Å². The van der Waals surface area contributed by atoms with Crippen molar-refractivity contribution in [2.75, 3.05) is 6.54 Å². The van der Waals surface area contributed by atoms with Crippen molar-refractivity contribution < 1.29 is 0 Å². The van der Waals surface area contributed by atoms with Gasteiger partial charge in [-0.15, -0.1) is 0 Å². The van der Waals surface area contributed by atoms with Crippen LogP contribution in [0.5, 0.6) is 0 Å². The van der Waals surface area contributed by atoms with E-state index in [1.165, 1.54) is 22.3 Å². The van der Waals surface area contributed by atoms with E-state index in [0.717, 1.165) is 13.0 Å². The monoisotopic (exact) mass is 235 g/mol. The molecule has 18 heavy (non-hydrogen) atoms. The second-order valence-corrected chi connectivity index (χ2v) is 5.73. The number of nitrogens with one attached hydrogen (secondary N) is 1. The summed E-state index contributed by atoms with van der Waals surface area (Å²) in [5.74, 6) is 0.521. The van der Waals surface area contributed by atoms with Gasteiger partial charge in [0.05, 0.1) is 0 Å². The highest BCUT2D eigenvalue weighted by atomic mass is 15.0. The molecule has 1 aliphatic carbocycles. The zero-order valence-corrected chi connectivity index (χ0v) is 10.6. The van der Waals surface area contributed by atoms with Gasteiger partial charge in [-0.1, -0.05) is 48.5 Å². The van der Waals surface area contributed by atoms with Crippen LogP contribution in [0.15, 0.2) is 48.5 Å². The molecule has 0 saturated carbocycles. The van der Waals surface area contributed by atoms with Crippen LogP contribution in [0.1, 0.15) is 35.1 Å². The van der Waals surface area contributed by atoms with Crippen molar-refractivity contribution in [1.82, 2.24) is 5.32 Å². The smallest absolute Gasteiger partial charge is 0.0450 e. The molecule has 0 unspecified atom stereocenters. The van der Waals surface area contributed by atoms with Crippen LogP contribution in [-0.4, -0.2) is 6.54 Å². The van der Waals surface area contributed by atoms with Crippen LogP contribution >= 0.6 is 0 Å². The summed E-state index contributed by atoms with van der Waals surface area (Å²) in [4.78, 5) is 0. The molecule has 0 fully saturated rings. The van der Waals surface area contributed by atoms with E-state index in [4.69, 9.17) is 0 Å². The van der Waals surface area contributed by atoms with Gasteiger partial charge in [0.25, 0.3) is 0 Å². The number of rotatable bonds is 0. The molecule has 90 valence electrons. The van der Waals surface area contributed by atoms with Crippen LogP contribution in [0.2, 0.25) is 0 Å². The van der Waals surface area contributed by atoms with Gasteiger partial charge < -0.3 is 5.32 Å². The molecule has 5 rings (SSSR count). The summed E-state index contributed by atoms with van der Waals surface area (Å²) >= 11 is 0. The quantitative estimate of drug-likeness (QED) is 0.739. The standard InChI is InChI=1S/C17H17N/c1-17-10-12-6-2-3-7-13(12)15(11-18-17)14-8-4-5-9-16(14)17/h2-9,15,18H,10-11H2,1H3/t15-,17+/m1/s1. The van der Waals surface area contributed by atoms with Gasteiger partial charge in [-0.05, 0) is 35.6 Å². The minimum Gasteiger partial charge on any atom is -0.306 e. The van der Waals surface area contributed by atoms with E-state index in [9.17, 15) is 0 Å². The molecule has 0 radical (unpaired) electrons. The van der Waals surface area contributed by atoms with E-state index in [2.05, 4.69) is 60.8 Å². The number of hydrogen-bond acceptors (Lipinski definition) is 1. The van der Waals surface area contributed by atoms with E-state index in [-0.39, 0.29) is 5.54 Å². The van der Waals surface area contributed by atoms with Gasteiger partial charge >= 0.3 is 0 Å². The second kappa shape index (κ2) is 3.46. The van der Waals surface area contributed by atoms with Crippen molar-refractivity contribution in [1.29, 1.82) is 0 Å². The summed E-state index contributed by atoms with van der Waals surface area (Å²) in [5.41, 5.74) is 6.12. The first-order valence-corrected chi connectivity index (χ1v) is 6.70. The van der Waals surface area contributed by atoms with Gasteiger partial charge in [0.2, 0.25) is 0 Å². The van der Waals surface area contributed by atoms with Crippen molar-refractivity contribution in [2.45, 2.75) is 24.8 Å². The Morgan fingerprint density at radius 2 is 1.72 bits per heavy atom. The van der Waals surface area contributed by atoms with Gasteiger partial charge in [-0.25, -0.2) is 0 Å². The second-order valence-electron chi connectivity index (χ2n) is 5.73. The van der Waals surface area contributed by atoms with E-state index in [1.807, 2.05) is 0 Å². The summed E-state index contributed by atoms with van der Waals surface area (Å²) in [5, 5.41) is 3.76. The van der Waals surface area contributed by atoms with E-state index in [0.29, 0.717) is 5.92 Å². The van der Waals surface area contributed by atoms with Crippen molar-refractivity contribution in [3.05, 3.63) is 70.8 Å². The lowest BCUT2D eigenvalue weighted by molar-refractivity contribution is 0.347. The molecule has 1 N–H and O–H groups in total. The van der Waals surface area contributed by atoms with Crippen LogP contribution in [0, 0.1) is 0 Å². The van der Waals surface area contributed by atoms with Gasteiger partial charge in [-0.3, -0.25) is 0 Å². The minimum absolute atomic E-state index is 0.0969. The molecule has 3 aliphatic rings. The Morgan fingerprint density at radius 3 is 2.61 bits per heavy atom. The Balaban J connectivity index is 2.04. The van der Waals surface area contributed by atoms with Crippen LogP contribution in [0.4, 0.5) is 0 Å². The Labute approximate surface area is 108 Å². The molecule has 2 aliphatic heterocycles. The predicted molar refractivity (Wildman–Crippen MR) is 73.8 cm³/mol. The zero-order chi connectivity index (χ0) is 12.2. The third kappa shape index (κ3) is 1.25. The molecule has 2 bridgehead atoms. The lowest BCUT2D eigenvalue weighted by atomic mass is 9.80. The Kier molecular flexibility index (Phi) is 1.98. The first kappa shape index (κ1) is 10.3. The topological polar surface area (TPSA) is 12.0 Å². The minimum atomic E-state index is 0.0969. The molecule has 2 aromatic rings. The molecular formula is C17H17N. The maximum absolute atomic E-state index is 3.76. The summed E-state index contributed by atoms with van der Waals surface area (Å²) in [6.45, 7) is 3.40. The molecular weight excluding hydrogens is 218 g/mol. The highest BCUT2D eigenvalue weighted by molar-refractivity contribution is 5.50. The van der Waals surface area contributed by atoms with Gasteiger partial charge in [0.15, 0.2) is 0 Å². The predicted octanol–water partition coefficient (Wildman–Crippen LogP) is 3.19. The highest BCUT2D eigenvalue weighted by Gasteiger charge is 2.40. The molecule has 2 aromatic carbocycles. The van der Waals surface area contributed by atoms with Crippen molar-refractivity contribution in [3.8, 4) is 0 Å². The summed E-state index contributed by atoms with van der Waals surface area (Å²) in [7, 11) is 0. The molecule has 0 saturated heterocycles. The molecule has 0 aromatic heterocycles. The lowest BCUT2D eigenvalue weighted by Crippen LogP contribution is -2.46. The normalized spacial score (nSPS) is 28.4. The van der Waals surface area contributed by atoms with Crippen molar-refractivity contribution >= 4 is 0 Å². The Morgan fingerprint density at radius 1 is 1.00 bits per heavy atom. The fourth-order valence-corrected chi connectivity index (χ4v) is 3.69. The average molecular weight is 235 g/mol. The van der Waals surface area contributed by atoms with Crippen LogP contribution in [-0.2, 0) is 12.0 Å². The first-order chi connectivity index (χ1) is 8.78. The highest BCUT2D eigenvalue weighted by Crippen LogP contribution is 2.44. The molecule has 2 heterocycles. The maximum Gasteiger partial charge on any atom is 0.0450 e. The maximum atomic E-state index is 3.76. The molecule has 1 heteroatoms. The zero-order valence-electron chi connectivity index (χ0n) is 10.6. The third-order valence-electron chi connectivity index (χ3n) is 4.60. The van der Waals surface area contributed by atoms with E-state index >= 15 is 0 Å². The van der Waals surface area contributed by atoms with Crippen molar-refractivity contribution in [2.24, 2.45) is 0 Å². The molecule has 1 nitrogen and oxygen atoms in total. The van der Waals surface area contributed by atoms with Crippen LogP contribution in [0.25, 0.3) is 0 Å². The Hall–Kier alpha value is -1.60. The lowest BCUT2D eigenvalue weighted by Gasteiger charge is -2.37. The number of hydrogen-bond donors (Lipinski definition) is 1. The first-order valence-electron chi connectivity index (χ1n) is 6.70.